The number of hydrogen-bond donors (Lipinski definition) is 2. The van der Waals surface area contributed by atoms with Crippen LogP contribution < -0.4 is 15.4 Å². The first-order chi connectivity index (χ1) is 10.1. The lowest BCUT2D eigenvalue weighted by molar-refractivity contribution is -0.130. The van der Waals surface area contributed by atoms with Crippen LogP contribution in [0.3, 0.4) is 0 Å². The number of aryl methyl sites for hydroxylation is 1. The average molecular weight is 329 g/mol. The van der Waals surface area contributed by atoms with Gasteiger partial charge in [-0.05, 0) is 56.6 Å². The molecule has 1 amide bonds. The summed E-state index contributed by atoms with van der Waals surface area (Å²) in [6.07, 6.45) is 1.59. The molecular formula is C16H25ClN2O3. The topological polar surface area (TPSA) is 59.6 Å². The second kappa shape index (κ2) is 8.36. The highest BCUT2D eigenvalue weighted by atomic mass is 35.5. The predicted molar refractivity (Wildman–Crippen MR) is 90.0 cm³/mol. The van der Waals surface area contributed by atoms with Gasteiger partial charge in [0.05, 0.1) is 19.1 Å². The van der Waals surface area contributed by atoms with Crippen molar-refractivity contribution in [3.63, 3.8) is 0 Å². The van der Waals surface area contributed by atoms with Gasteiger partial charge in [-0.1, -0.05) is 0 Å². The van der Waals surface area contributed by atoms with Crippen LogP contribution in [-0.4, -0.2) is 39.8 Å². The van der Waals surface area contributed by atoms with E-state index in [9.17, 15) is 4.79 Å². The maximum atomic E-state index is 12.7. The van der Waals surface area contributed by atoms with Crippen LogP contribution in [0.2, 0.25) is 0 Å². The highest BCUT2D eigenvalue weighted by molar-refractivity contribution is 5.96. The number of hydrogen-bond acceptors (Lipinski definition) is 4. The van der Waals surface area contributed by atoms with E-state index in [2.05, 4.69) is 10.6 Å². The minimum atomic E-state index is -0.438. The molecule has 0 bridgehead atoms. The molecule has 0 unspecified atom stereocenters. The monoisotopic (exact) mass is 328 g/mol. The minimum Gasteiger partial charge on any atom is -0.497 e. The van der Waals surface area contributed by atoms with Crippen LogP contribution in [0.25, 0.3) is 0 Å². The molecule has 6 heteroatoms. The molecule has 0 saturated carbocycles. The predicted octanol–water partition coefficient (Wildman–Crippen LogP) is 2.38. The van der Waals surface area contributed by atoms with Crippen molar-refractivity contribution in [3.05, 3.63) is 23.8 Å². The van der Waals surface area contributed by atoms with E-state index in [1.165, 1.54) is 0 Å². The molecule has 1 aromatic rings. The lowest BCUT2D eigenvalue weighted by Crippen LogP contribution is -2.47. The standard InChI is InChI=1S/C16H24N2O3.ClH/c1-12-10-13(21-3)4-5-14(12)18-15(19)16(11-20-2)6-8-17-9-7-16;/h4-5,10,17H,6-9,11H2,1-3H3,(H,18,19);1H. The Morgan fingerprint density at radius 2 is 2.00 bits per heavy atom. The van der Waals surface area contributed by atoms with Gasteiger partial charge in [0.2, 0.25) is 5.91 Å². The molecule has 2 rings (SSSR count). The molecule has 0 aromatic heterocycles. The van der Waals surface area contributed by atoms with Crippen LogP contribution in [0.1, 0.15) is 18.4 Å². The summed E-state index contributed by atoms with van der Waals surface area (Å²) >= 11 is 0. The van der Waals surface area contributed by atoms with Gasteiger partial charge in [0.25, 0.3) is 0 Å². The number of anilines is 1. The summed E-state index contributed by atoms with van der Waals surface area (Å²) in [5.74, 6) is 0.832. The summed E-state index contributed by atoms with van der Waals surface area (Å²) in [4.78, 5) is 12.7. The van der Waals surface area contributed by atoms with Crippen LogP contribution >= 0.6 is 12.4 Å². The fraction of sp³-hybridized carbons (Fsp3) is 0.562. The molecule has 1 heterocycles. The summed E-state index contributed by atoms with van der Waals surface area (Å²) in [6, 6.07) is 5.66. The number of methoxy groups -OCH3 is 2. The minimum absolute atomic E-state index is 0. The zero-order chi connectivity index (χ0) is 15.3. The number of carbonyl (C=O) groups excluding carboxylic acids is 1. The Balaban J connectivity index is 0.00000242. The van der Waals surface area contributed by atoms with Gasteiger partial charge in [0.15, 0.2) is 0 Å². The number of rotatable bonds is 5. The van der Waals surface area contributed by atoms with Crippen LogP contribution in [0.15, 0.2) is 18.2 Å². The molecule has 0 spiro atoms. The zero-order valence-corrected chi connectivity index (χ0v) is 14.2. The molecule has 1 aromatic carbocycles. The molecule has 1 saturated heterocycles. The van der Waals surface area contributed by atoms with E-state index in [4.69, 9.17) is 9.47 Å². The first-order valence-corrected chi connectivity index (χ1v) is 7.27. The SMILES string of the molecule is COCC1(C(=O)Nc2ccc(OC)cc2C)CCNCC1.Cl. The third-order valence-electron chi connectivity index (χ3n) is 4.14. The highest BCUT2D eigenvalue weighted by Crippen LogP contribution is 2.32. The number of benzene rings is 1. The summed E-state index contributed by atoms with van der Waals surface area (Å²) in [5.41, 5.74) is 1.38. The molecule has 1 aliphatic rings. The molecule has 22 heavy (non-hydrogen) atoms. The Morgan fingerprint density at radius 3 is 2.55 bits per heavy atom. The third kappa shape index (κ3) is 4.12. The Labute approximate surface area is 138 Å². The number of amides is 1. The smallest absolute Gasteiger partial charge is 0.233 e. The van der Waals surface area contributed by atoms with E-state index < -0.39 is 5.41 Å². The molecule has 1 fully saturated rings. The van der Waals surface area contributed by atoms with E-state index in [1.807, 2.05) is 25.1 Å². The lowest BCUT2D eigenvalue weighted by atomic mass is 9.78. The van der Waals surface area contributed by atoms with Crippen molar-refractivity contribution in [2.75, 3.05) is 39.2 Å². The van der Waals surface area contributed by atoms with Gasteiger partial charge >= 0.3 is 0 Å². The van der Waals surface area contributed by atoms with Crippen molar-refractivity contribution < 1.29 is 14.3 Å². The van der Waals surface area contributed by atoms with Crippen LogP contribution in [-0.2, 0) is 9.53 Å². The first-order valence-electron chi connectivity index (χ1n) is 7.27. The first kappa shape index (κ1) is 18.7. The summed E-state index contributed by atoms with van der Waals surface area (Å²) in [6.45, 7) is 4.11. The second-order valence-electron chi connectivity index (χ2n) is 5.60. The fourth-order valence-electron chi connectivity index (χ4n) is 2.78. The number of carbonyl (C=O) groups is 1. The quantitative estimate of drug-likeness (QED) is 0.871. The molecule has 124 valence electrons. The van der Waals surface area contributed by atoms with E-state index in [1.54, 1.807) is 14.2 Å². The summed E-state index contributed by atoms with van der Waals surface area (Å²) in [7, 11) is 3.28. The molecule has 5 nitrogen and oxygen atoms in total. The number of ether oxygens (including phenoxy) is 2. The van der Waals surface area contributed by atoms with E-state index >= 15 is 0 Å². The van der Waals surface area contributed by atoms with E-state index in [0.717, 1.165) is 42.9 Å². The number of nitrogens with one attached hydrogen (secondary N) is 2. The van der Waals surface area contributed by atoms with Crippen molar-refractivity contribution in [2.45, 2.75) is 19.8 Å². The van der Waals surface area contributed by atoms with Crippen LogP contribution in [0, 0.1) is 12.3 Å². The zero-order valence-electron chi connectivity index (χ0n) is 13.4. The van der Waals surface area contributed by atoms with Gasteiger partial charge in [-0.3, -0.25) is 4.79 Å². The van der Waals surface area contributed by atoms with Gasteiger partial charge in [-0.2, -0.15) is 0 Å². The van der Waals surface area contributed by atoms with Crippen molar-refractivity contribution >= 4 is 24.0 Å². The largest absolute Gasteiger partial charge is 0.497 e. The third-order valence-corrected chi connectivity index (χ3v) is 4.14. The maximum Gasteiger partial charge on any atom is 0.233 e. The van der Waals surface area contributed by atoms with E-state index in [-0.39, 0.29) is 18.3 Å². The molecule has 0 atom stereocenters. The molecular weight excluding hydrogens is 304 g/mol. The van der Waals surface area contributed by atoms with Crippen molar-refractivity contribution in [2.24, 2.45) is 5.41 Å². The van der Waals surface area contributed by atoms with Crippen molar-refractivity contribution in [1.82, 2.24) is 5.32 Å². The second-order valence-corrected chi connectivity index (χ2v) is 5.60. The maximum absolute atomic E-state index is 12.7. The normalized spacial score (nSPS) is 16.5. The van der Waals surface area contributed by atoms with Gasteiger partial charge in [0.1, 0.15) is 5.75 Å². The average Bonchev–Trinajstić information content (AvgIpc) is 2.50. The van der Waals surface area contributed by atoms with Crippen LogP contribution in [0.4, 0.5) is 5.69 Å². The lowest BCUT2D eigenvalue weighted by Gasteiger charge is -2.35. The van der Waals surface area contributed by atoms with Gasteiger partial charge < -0.3 is 20.1 Å². The van der Waals surface area contributed by atoms with Gasteiger partial charge in [-0.25, -0.2) is 0 Å². The molecule has 2 N–H and O–H groups in total. The van der Waals surface area contributed by atoms with Gasteiger partial charge in [0, 0.05) is 12.8 Å². The van der Waals surface area contributed by atoms with Crippen molar-refractivity contribution in [3.8, 4) is 5.75 Å². The molecule has 0 aliphatic carbocycles. The Morgan fingerprint density at radius 1 is 1.32 bits per heavy atom. The summed E-state index contributed by atoms with van der Waals surface area (Å²) in [5, 5.41) is 6.35. The number of halogens is 1. The van der Waals surface area contributed by atoms with Gasteiger partial charge in [-0.15, -0.1) is 12.4 Å². The highest BCUT2D eigenvalue weighted by Gasteiger charge is 2.39. The Bertz CT molecular complexity index is 497. The molecule has 0 radical (unpaired) electrons. The Hall–Kier alpha value is -1.30. The van der Waals surface area contributed by atoms with E-state index in [0.29, 0.717) is 6.61 Å². The van der Waals surface area contributed by atoms with Crippen LogP contribution in [0.5, 0.6) is 5.75 Å². The summed E-state index contributed by atoms with van der Waals surface area (Å²) < 4.78 is 10.5. The number of piperidine rings is 1. The van der Waals surface area contributed by atoms with Crippen molar-refractivity contribution in [1.29, 1.82) is 0 Å². The Kier molecular flexibility index (Phi) is 7.13. The fourth-order valence-corrected chi connectivity index (χ4v) is 2.78. The molecule has 1 aliphatic heterocycles.